The molecule has 0 saturated carbocycles. The number of rotatable bonds is 3. The summed E-state index contributed by atoms with van der Waals surface area (Å²) in [6.45, 7) is 1.66. The Bertz CT molecular complexity index is 318. The number of hydrogen-bond donors (Lipinski definition) is 0. The van der Waals surface area contributed by atoms with E-state index in [4.69, 9.17) is 16.3 Å². The largest absolute Gasteiger partial charge is 0.381 e. The molecule has 4 heteroatoms. The second-order valence-corrected chi connectivity index (χ2v) is 4.76. The van der Waals surface area contributed by atoms with Crippen LogP contribution in [0.4, 0.5) is 0 Å². The molecule has 1 aliphatic heterocycles. The third-order valence-corrected chi connectivity index (χ3v) is 3.59. The average molecular weight is 229 g/mol. The summed E-state index contributed by atoms with van der Waals surface area (Å²) in [5.74, 6) is 0.669. The summed E-state index contributed by atoms with van der Waals surface area (Å²) in [6.07, 6.45) is 7.23. The molecular formula is C11H17ClN2O. The average Bonchev–Trinajstić information content (AvgIpc) is 2.65. The minimum absolute atomic E-state index is 0.128. The van der Waals surface area contributed by atoms with E-state index < -0.39 is 0 Å². The number of aryl methyl sites for hydroxylation is 1. The van der Waals surface area contributed by atoms with Crippen molar-refractivity contribution in [1.82, 2.24) is 9.78 Å². The maximum absolute atomic E-state index is 6.09. The molecule has 0 radical (unpaired) electrons. The second-order valence-electron chi connectivity index (χ2n) is 4.49. The van der Waals surface area contributed by atoms with Crippen molar-refractivity contribution in [3.05, 3.63) is 18.0 Å². The van der Waals surface area contributed by atoms with Gasteiger partial charge in [0, 0.05) is 31.1 Å². The minimum atomic E-state index is 0.128. The van der Waals surface area contributed by atoms with E-state index >= 15 is 0 Å². The molecule has 15 heavy (non-hydrogen) atoms. The van der Waals surface area contributed by atoms with Crippen LogP contribution in [0.15, 0.2) is 12.4 Å². The van der Waals surface area contributed by atoms with E-state index in [0.29, 0.717) is 5.88 Å². The Morgan fingerprint density at radius 3 is 3.07 bits per heavy atom. The van der Waals surface area contributed by atoms with E-state index in [-0.39, 0.29) is 5.41 Å². The van der Waals surface area contributed by atoms with Crippen molar-refractivity contribution < 1.29 is 4.74 Å². The minimum Gasteiger partial charge on any atom is -0.381 e. The quantitative estimate of drug-likeness (QED) is 0.740. The Morgan fingerprint density at radius 2 is 2.53 bits per heavy atom. The van der Waals surface area contributed by atoms with Crippen molar-refractivity contribution in [2.45, 2.75) is 19.3 Å². The van der Waals surface area contributed by atoms with Crippen molar-refractivity contribution in [2.24, 2.45) is 12.5 Å². The highest BCUT2D eigenvalue weighted by Crippen LogP contribution is 2.33. The van der Waals surface area contributed by atoms with Crippen LogP contribution in [-0.4, -0.2) is 28.9 Å². The van der Waals surface area contributed by atoms with Gasteiger partial charge in [-0.3, -0.25) is 4.68 Å². The van der Waals surface area contributed by atoms with Crippen LogP contribution in [0.1, 0.15) is 18.4 Å². The topological polar surface area (TPSA) is 27.1 Å². The van der Waals surface area contributed by atoms with Gasteiger partial charge in [-0.05, 0) is 24.8 Å². The summed E-state index contributed by atoms with van der Waals surface area (Å²) < 4.78 is 7.38. The SMILES string of the molecule is Cn1cc(CC2(CCl)CCCOC2)cn1. The first kappa shape index (κ1) is 11.0. The van der Waals surface area contributed by atoms with Gasteiger partial charge in [-0.25, -0.2) is 0 Å². The van der Waals surface area contributed by atoms with Crippen LogP contribution in [-0.2, 0) is 18.2 Å². The van der Waals surface area contributed by atoms with Crippen LogP contribution in [0.25, 0.3) is 0 Å². The number of alkyl halides is 1. The van der Waals surface area contributed by atoms with Crippen LogP contribution >= 0.6 is 11.6 Å². The molecule has 1 atom stereocenters. The maximum Gasteiger partial charge on any atom is 0.0537 e. The van der Waals surface area contributed by atoms with Crippen molar-refractivity contribution in [1.29, 1.82) is 0 Å². The van der Waals surface area contributed by atoms with Crippen LogP contribution in [0.2, 0.25) is 0 Å². The summed E-state index contributed by atoms with van der Waals surface area (Å²) >= 11 is 6.09. The first-order valence-electron chi connectivity index (χ1n) is 5.35. The van der Waals surface area contributed by atoms with Gasteiger partial charge in [-0.1, -0.05) is 0 Å². The van der Waals surface area contributed by atoms with Gasteiger partial charge in [0.05, 0.1) is 12.8 Å². The van der Waals surface area contributed by atoms with Crippen molar-refractivity contribution in [3.63, 3.8) is 0 Å². The van der Waals surface area contributed by atoms with Crippen molar-refractivity contribution >= 4 is 11.6 Å². The lowest BCUT2D eigenvalue weighted by atomic mass is 9.79. The molecule has 0 amide bonds. The maximum atomic E-state index is 6.09. The molecule has 84 valence electrons. The Kier molecular flexibility index (Phi) is 3.32. The summed E-state index contributed by atoms with van der Waals surface area (Å²) in [5, 5.41) is 4.18. The molecule has 1 aliphatic rings. The Morgan fingerprint density at radius 1 is 1.67 bits per heavy atom. The standard InChI is InChI=1S/C11H17ClN2O/c1-14-7-10(6-13-14)5-11(8-12)3-2-4-15-9-11/h6-7H,2-5,8-9H2,1H3. The fraction of sp³-hybridized carbons (Fsp3) is 0.727. The summed E-state index contributed by atoms with van der Waals surface area (Å²) in [6, 6.07) is 0. The molecule has 0 bridgehead atoms. The van der Waals surface area contributed by atoms with Crippen molar-refractivity contribution in [2.75, 3.05) is 19.1 Å². The van der Waals surface area contributed by atoms with Gasteiger partial charge in [0.25, 0.3) is 0 Å². The zero-order chi connectivity index (χ0) is 10.7. The molecule has 0 N–H and O–H groups in total. The molecule has 0 spiro atoms. The third kappa shape index (κ3) is 2.52. The van der Waals surface area contributed by atoms with Gasteiger partial charge in [-0.2, -0.15) is 5.10 Å². The highest BCUT2D eigenvalue weighted by molar-refractivity contribution is 6.18. The fourth-order valence-corrected chi connectivity index (χ4v) is 2.50. The monoisotopic (exact) mass is 228 g/mol. The lowest BCUT2D eigenvalue weighted by molar-refractivity contribution is 0.00477. The Balaban J connectivity index is 2.06. The summed E-state index contributed by atoms with van der Waals surface area (Å²) in [7, 11) is 1.94. The van der Waals surface area contributed by atoms with E-state index in [1.54, 1.807) is 0 Å². The normalized spacial score (nSPS) is 26.8. The molecule has 0 aromatic carbocycles. The molecule has 3 nitrogen and oxygen atoms in total. The Hall–Kier alpha value is -0.540. The first-order chi connectivity index (χ1) is 7.24. The first-order valence-corrected chi connectivity index (χ1v) is 5.89. The van der Waals surface area contributed by atoms with Gasteiger partial charge < -0.3 is 4.74 Å². The summed E-state index contributed by atoms with van der Waals surface area (Å²) in [5.41, 5.74) is 1.38. The summed E-state index contributed by atoms with van der Waals surface area (Å²) in [4.78, 5) is 0. The van der Waals surface area contributed by atoms with Gasteiger partial charge in [0.1, 0.15) is 0 Å². The number of halogens is 1. The van der Waals surface area contributed by atoms with Gasteiger partial charge in [-0.15, -0.1) is 11.6 Å². The van der Waals surface area contributed by atoms with Gasteiger partial charge >= 0.3 is 0 Å². The van der Waals surface area contributed by atoms with E-state index in [0.717, 1.165) is 32.5 Å². The molecule has 1 aromatic rings. The van der Waals surface area contributed by atoms with Crippen LogP contribution in [0.5, 0.6) is 0 Å². The number of aromatic nitrogens is 2. The molecule has 1 fully saturated rings. The molecule has 1 unspecified atom stereocenters. The van der Waals surface area contributed by atoms with E-state index in [1.165, 1.54) is 5.56 Å². The van der Waals surface area contributed by atoms with Crippen molar-refractivity contribution in [3.8, 4) is 0 Å². The Labute approximate surface area is 95.4 Å². The second kappa shape index (κ2) is 4.54. The molecule has 1 aromatic heterocycles. The van der Waals surface area contributed by atoms with E-state index in [9.17, 15) is 0 Å². The van der Waals surface area contributed by atoms with E-state index in [2.05, 4.69) is 11.3 Å². The lowest BCUT2D eigenvalue weighted by Gasteiger charge is -2.35. The molecule has 2 rings (SSSR count). The zero-order valence-corrected chi connectivity index (χ0v) is 9.83. The highest BCUT2D eigenvalue weighted by Gasteiger charge is 2.32. The van der Waals surface area contributed by atoms with Crippen LogP contribution < -0.4 is 0 Å². The van der Waals surface area contributed by atoms with E-state index in [1.807, 2.05) is 17.9 Å². The number of nitrogens with zero attached hydrogens (tertiary/aromatic N) is 2. The molecule has 0 aliphatic carbocycles. The number of ether oxygens (including phenoxy) is 1. The van der Waals surface area contributed by atoms with Crippen LogP contribution in [0.3, 0.4) is 0 Å². The molecule has 1 saturated heterocycles. The third-order valence-electron chi connectivity index (χ3n) is 3.02. The van der Waals surface area contributed by atoms with Gasteiger partial charge in [0.2, 0.25) is 0 Å². The molecular weight excluding hydrogens is 212 g/mol. The highest BCUT2D eigenvalue weighted by atomic mass is 35.5. The molecule has 2 heterocycles. The predicted octanol–water partition coefficient (Wildman–Crippen LogP) is 2.00. The smallest absolute Gasteiger partial charge is 0.0537 e. The zero-order valence-electron chi connectivity index (χ0n) is 9.08. The fourth-order valence-electron chi connectivity index (χ4n) is 2.20. The number of hydrogen-bond acceptors (Lipinski definition) is 2. The van der Waals surface area contributed by atoms with Gasteiger partial charge in [0.15, 0.2) is 0 Å². The van der Waals surface area contributed by atoms with Crippen LogP contribution in [0, 0.1) is 5.41 Å². The predicted molar refractivity (Wildman–Crippen MR) is 60.1 cm³/mol. The lowest BCUT2D eigenvalue weighted by Crippen LogP contribution is -2.35.